The number of nitrogens with zero attached hydrogens (tertiary/aromatic N) is 2. The van der Waals surface area contributed by atoms with Crippen molar-refractivity contribution < 1.29 is 39.5 Å². The Hall–Kier alpha value is -4.19. The fourth-order valence-corrected chi connectivity index (χ4v) is 7.53. The van der Waals surface area contributed by atoms with Crippen LogP contribution in [0.2, 0.25) is 0 Å². The molecular formula is C35H43N3O8. The van der Waals surface area contributed by atoms with E-state index in [1.807, 2.05) is 64.0 Å². The Bertz CT molecular complexity index is 1730. The number of benzene rings is 2. The van der Waals surface area contributed by atoms with Crippen LogP contribution < -0.4 is 10.5 Å². The maximum Gasteiger partial charge on any atom is 0.255 e. The molecule has 46 heavy (non-hydrogen) atoms. The average molecular weight is 634 g/mol. The van der Waals surface area contributed by atoms with E-state index in [0.29, 0.717) is 23.4 Å². The molecule has 0 saturated heterocycles. The van der Waals surface area contributed by atoms with Crippen molar-refractivity contribution in [3.63, 3.8) is 0 Å². The van der Waals surface area contributed by atoms with E-state index in [-0.39, 0.29) is 29.7 Å². The number of ether oxygens (including phenoxy) is 1. The van der Waals surface area contributed by atoms with Gasteiger partial charge in [-0.15, -0.1) is 0 Å². The minimum atomic E-state index is -2.70. The molecule has 0 radical (unpaired) electrons. The van der Waals surface area contributed by atoms with Crippen LogP contribution in [0.15, 0.2) is 41.2 Å². The summed E-state index contributed by atoms with van der Waals surface area (Å²) in [4.78, 5) is 43.6. The van der Waals surface area contributed by atoms with E-state index in [0.717, 1.165) is 16.7 Å². The zero-order valence-electron chi connectivity index (χ0n) is 27.6. The summed E-state index contributed by atoms with van der Waals surface area (Å²) in [5.41, 5.74) is 4.84. The van der Waals surface area contributed by atoms with E-state index in [1.165, 1.54) is 4.90 Å². The molecule has 1 amide bonds. The van der Waals surface area contributed by atoms with Crippen molar-refractivity contribution in [2.24, 2.45) is 17.6 Å². The number of hydrogen-bond donors (Lipinski definition) is 5. The van der Waals surface area contributed by atoms with Crippen LogP contribution in [0.4, 0.5) is 0 Å². The summed E-state index contributed by atoms with van der Waals surface area (Å²) in [5.74, 6) is -6.13. The van der Waals surface area contributed by atoms with Gasteiger partial charge in [0.15, 0.2) is 11.4 Å². The molecule has 0 heterocycles. The first-order valence-electron chi connectivity index (χ1n) is 15.2. The standard InChI is InChI=1S/C35H43N3O8/c1-34(2,3)23-14-20(17-9-16(15-37(4)5)10-19(11-17)46-8)21-12-18-13-22-27(38(6)7)30(41)26(33(36)44)32(43)35(22,45)31(42)24(18)29(40)25(21)28(23)39/h9-11,14,18,22,27,39-40,43,45H,12-13,15H2,1-8H3,(H2,36,44)/t18-,22-,27-,35-/m0/s1. The van der Waals surface area contributed by atoms with Crippen LogP contribution >= 0.6 is 0 Å². The third-order valence-corrected chi connectivity index (χ3v) is 9.54. The molecule has 1 saturated carbocycles. The number of primary amides is 1. The Morgan fingerprint density at radius 1 is 1.07 bits per heavy atom. The van der Waals surface area contributed by atoms with Gasteiger partial charge >= 0.3 is 0 Å². The van der Waals surface area contributed by atoms with Crippen LogP contribution in [0.1, 0.15) is 49.4 Å². The van der Waals surface area contributed by atoms with E-state index >= 15 is 0 Å². The summed E-state index contributed by atoms with van der Waals surface area (Å²) in [6.07, 6.45) is 0.194. The first kappa shape index (κ1) is 33.2. The number of nitrogens with two attached hydrogens (primary N) is 1. The van der Waals surface area contributed by atoms with Gasteiger partial charge in [-0.25, -0.2) is 0 Å². The number of methoxy groups -OCH3 is 1. The zero-order chi connectivity index (χ0) is 34.2. The summed E-state index contributed by atoms with van der Waals surface area (Å²) < 4.78 is 5.64. The average Bonchev–Trinajstić information content (AvgIpc) is 2.93. The first-order valence-corrected chi connectivity index (χ1v) is 15.2. The van der Waals surface area contributed by atoms with Crippen molar-refractivity contribution in [3.05, 3.63) is 63.4 Å². The van der Waals surface area contributed by atoms with Gasteiger partial charge < -0.3 is 35.8 Å². The third kappa shape index (κ3) is 4.97. The Morgan fingerprint density at radius 3 is 2.26 bits per heavy atom. The first-order chi connectivity index (χ1) is 21.3. The van der Waals surface area contributed by atoms with Gasteiger partial charge in [0, 0.05) is 23.6 Å². The van der Waals surface area contributed by atoms with Crippen LogP contribution in [0.5, 0.6) is 11.5 Å². The number of Topliss-reactive ketones (excluding diaryl/α,β-unsaturated/α-hetero) is 2. The zero-order valence-corrected chi connectivity index (χ0v) is 27.6. The second kappa shape index (κ2) is 11.3. The Morgan fingerprint density at radius 2 is 1.72 bits per heavy atom. The monoisotopic (exact) mass is 633 g/mol. The highest BCUT2D eigenvalue weighted by molar-refractivity contribution is 6.24. The molecule has 4 atom stereocenters. The number of hydrogen-bond acceptors (Lipinski definition) is 10. The minimum Gasteiger partial charge on any atom is -0.508 e. The SMILES string of the molecule is COc1cc(CN(C)C)cc(-c2cc(C(C)(C)C)c(O)c3c2C[C@H]2C[C@H]4[C@H](N(C)C)C(=O)C(C(N)=O)=C(O)[C@@]4(O)C(=O)C2=C3O)c1. The van der Waals surface area contributed by atoms with E-state index in [4.69, 9.17) is 10.5 Å². The fraction of sp³-hybridized carbons (Fsp3) is 0.457. The van der Waals surface area contributed by atoms with Gasteiger partial charge in [0.05, 0.1) is 18.7 Å². The topological polar surface area (TPSA) is 174 Å². The molecule has 3 aliphatic carbocycles. The van der Waals surface area contributed by atoms with Crippen molar-refractivity contribution in [1.82, 2.24) is 9.80 Å². The number of rotatable bonds is 6. The number of amides is 1. The molecule has 1 fully saturated rings. The predicted octanol–water partition coefficient (Wildman–Crippen LogP) is 3.00. The molecule has 6 N–H and O–H groups in total. The Kier molecular flexibility index (Phi) is 8.12. The van der Waals surface area contributed by atoms with Gasteiger partial charge in [0.25, 0.3) is 5.91 Å². The lowest BCUT2D eigenvalue weighted by atomic mass is 9.57. The molecular weight excluding hydrogens is 590 g/mol. The van der Waals surface area contributed by atoms with E-state index in [2.05, 4.69) is 0 Å². The van der Waals surface area contributed by atoms with E-state index in [1.54, 1.807) is 21.2 Å². The lowest BCUT2D eigenvalue weighted by Gasteiger charge is -2.50. The largest absolute Gasteiger partial charge is 0.508 e. The minimum absolute atomic E-state index is 0.0109. The molecule has 246 valence electrons. The summed E-state index contributed by atoms with van der Waals surface area (Å²) in [5, 5.41) is 46.7. The van der Waals surface area contributed by atoms with Gasteiger partial charge in [-0.1, -0.05) is 20.8 Å². The van der Waals surface area contributed by atoms with E-state index < -0.39 is 63.5 Å². The summed E-state index contributed by atoms with van der Waals surface area (Å²) in [7, 11) is 8.65. The second-order valence-electron chi connectivity index (χ2n) is 14.2. The lowest BCUT2D eigenvalue weighted by Crippen LogP contribution is -2.65. The van der Waals surface area contributed by atoms with Crippen molar-refractivity contribution in [1.29, 1.82) is 0 Å². The highest BCUT2D eigenvalue weighted by Crippen LogP contribution is 2.55. The number of aliphatic hydroxyl groups is 3. The second-order valence-corrected chi connectivity index (χ2v) is 14.2. The van der Waals surface area contributed by atoms with E-state index in [9.17, 15) is 34.8 Å². The third-order valence-electron chi connectivity index (χ3n) is 9.54. The molecule has 11 nitrogen and oxygen atoms in total. The number of aliphatic hydroxyl groups excluding tert-OH is 2. The quantitative estimate of drug-likeness (QED) is 0.298. The summed E-state index contributed by atoms with van der Waals surface area (Å²) in [6, 6.07) is 6.61. The van der Waals surface area contributed by atoms with Gasteiger partial charge in [-0.2, -0.15) is 0 Å². The lowest BCUT2D eigenvalue weighted by molar-refractivity contribution is -0.153. The van der Waals surface area contributed by atoms with Crippen molar-refractivity contribution >= 4 is 23.2 Å². The number of aromatic hydroxyl groups is 1. The molecule has 2 aromatic rings. The van der Waals surface area contributed by atoms with Gasteiger partial charge in [0.2, 0.25) is 5.78 Å². The molecule has 0 bridgehead atoms. The normalized spacial score (nSPS) is 24.7. The maximum atomic E-state index is 14.3. The molecule has 3 aliphatic rings. The fourth-order valence-electron chi connectivity index (χ4n) is 7.53. The number of phenols is 1. The van der Waals surface area contributed by atoms with Gasteiger partial charge in [-0.3, -0.25) is 19.3 Å². The number of likely N-dealkylation sites (N-methyl/N-ethyl adjacent to an activating group) is 1. The Labute approximate surface area is 268 Å². The predicted molar refractivity (Wildman–Crippen MR) is 172 cm³/mol. The highest BCUT2D eigenvalue weighted by Gasteiger charge is 2.64. The van der Waals surface area contributed by atoms with Crippen LogP contribution in [-0.2, 0) is 32.8 Å². The van der Waals surface area contributed by atoms with Crippen molar-refractivity contribution in [2.75, 3.05) is 35.3 Å². The molecule has 0 unspecified atom stereocenters. The number of ketones is 2. The molecule has 5 rings (SSSR count). The molecule has 11 heteroatoms. The summed E-state index contributed by atoms with van der Waals surface area (Å²) in [6.45, 7) is 6.40. The van der Waals surface area contributed by atoms with Crippen molar-refractivity contribution in [2.45, 2.75) is 57.2 Å². The number of carbonyl (C=O) groups excluding carboxylic acids is 3. The molecule has 0 spiro atoms. The molecule has 2 aromatic carbocycles. The number of fused-ring (bicyclic) bond motifs is 3. The number of phenolic OH excluding ortho intramolecular Hbond substituents is 1. The maximum absolute atomic E-state index is 14.3. The van der Waals surface area contributed by atoms with Crippen LogP contribution in [-0.4, -0.2) is 94.6 Å². The van der Waals surface area contributed by atoms with Gasteiger partial charge in [0.1, 0.15) is 28.6 Å². The Balaban J connectivity index is 1.81. The van der Waals surface area contributed by atoms with Crippen LogP contribution in [0.3, 0.4) is 0 Å². The molecule has 0 aliphatic heterocycles. The van der Waals surface area contributed by atoms with Gasteiger partial charge in [-0.05, 0) is 98.9 Å². The smallest absolute Gasteiger partial charge is 0.255 e. The highest BCUT2D eigenvalue weighted by atomic mass is 16.5. The summed E-state index contributed by atoms with van der Waals surface area (Å²) >= 11 is 0. The van der Waals surface area contributed by atoms with Crippen molar-refractivity contribution in [3.8, 4) is 22.6 Å². The van der Waals surface area contributed by atoms with Crippen LogP contribution in [0, 0.1) is 11.8 Å². The van der Waals surface area contributed by atoms with Crippen LogP contribution in [0.25, 0.3) is 16.9 Å². The molecule has 0 aromatic heterocycles. The number of carbonyl (C=O) groups is 3.